The van der Waals surface area contributed by atoms with Crippen molar-refractivity contribution >= 4 is 21.7 Å². The van der Waals surface area contributed by atoms with Gasteiger partial charge in [-0.2, -0.15) is 0 Å². The average Bonchev–Trinajstić information content (AvgIpc) is 2.91. The molecule has 1 N–H and O–H groups in total. The van der Waals surface area contributed by atoms with Crippen molar-refractivity contribution in [2.24, 2.45) is 0 Å². The quantitative estimate of drug-likeness (QED) is 0.781. The van der Waals surface area contributed by atoms with Crippen LogP contribution in [0.5, 0.6) is 0 Å². The van der Waals surface area contributed by atoms with Gasteiger partial charge in [-0.15, -0.1) is 0 Å². The van der Waals surface area contributed by atoms with E-state index in [2.05, 4.69) is 10.5 Å². The summed E-state index contributed by atoms with van der Waals surface area (Å²) in [4.78, 5) is 24.0. The number of nitrogens with one attached hydrogen (secondary N) is 1. The molecule has 122 valence electrons. The molecule has 0 spiro atoms. The van der Waals surface area contributed by atoms with Gasteiger partial charge in [0, 0.05) is 6.04 Å². The number of carbonyl (C=O) groups is 2. The SMILES string of the molecule is Cc1noc(C)c1C(=O)O[C@@H](C)C(=O)N[C@@H]1CCS(=O)(=O)C1. The van der Waals surface area contributed by atoms with E-state index in [1.807, 2.05) is 0 Å². The lowest BCUT2D eigenvalue weighted by Gasteiger charge is -2.16. The highest BCUT2D eigenvalue weighted by molar-refractivity contribution is 7.91. The van der Waals surface area contributed by atoms with Crippen molar-refractivity contribution in [2.45, 2.75) is 39.3 Å². The molecule has 0 bridgehead atoms. The minimum absolute atomic E-state index is 0.0607. The van der Waals surface area contributed by atoms with E-state index in [0.29, 0.717) is 17.9 Å². The molecule has 1 aromatic rings. The lowest BCUT2D eigenvalue weighted by Crippen LogP contribution is -2.42. The second kappa shape index (κ2) is 6.07. The third-order valence-electron chi connectivity index (χ3n) is 3.47. The van der Waals surface area contributed by atoms with Gasteiger partial charge in [-0.25, -0.2) is 13.2 Å². The number of carbonyl (C=O) groups excluding carboxylic acids is 2. The Hall–Kier alpha value is -1.90. The Labute approximate surface area is 128 Å². The third-order valence-corrected chi connectivity index (χ3v) is 5.24. The standard InChI is InChI=1S/C13H18N2O6S/c1-7-11(8(2)21-15-7)13(17)20-9(3)12(16)14-10-4-5-22(18,19)6-10/h9-10H,4-6H2,1-3H3,(H,14,16)/t9-,10+/m0/s1. The minimum Gasteiger partial charge on any atom is -0.449 e. The first kappa shape index (κ1) is 16.5. The summed E-state index contributed by atoms with van der Waals surface area (Å²) in [6.07, 6.45) is -0.664. The first-order valence-corrected chi connectivity index (χ1v) is 8.66. The molecule has 1 amide bonds. The zero-order chi connectivity index (χ0) is 16.5. The normalized spacial score (nSPS) is 21.3. The summed E-state index contributed by atoms with van der Waals surface area (Å²) in [5.41, 5.74) is 0.583. The number of ether oxygens (including phenoxy) is 1. The fourth-order valence-electron chi connectivity index (χ4n) is 2.27. The Morgan fingerprint density at radius 3 is 2.59 bits per heavy atom. The average molecular weight is 330 g/mol. The van der Waals surface area contributed by atoms with Crippen LogP contribution in [0.3, 0.4) is 0 Å². The van der Waals surface area contributed by atoms with Crippen LogP contribution in [0.25, 0.3) is 0 Å². The number of nitrogens with zero attached hydrogens (tertiary/aromatic N) is 1. The maximum absolute atomic E-state index is 12.0. The molecule has 1 fully saturated rings. The zero-order valence-corrected chi connectivity index (χ0v) is 13.4. The molecule has 22 heavy (non-hydrogen) atoms. The molecule has 2 atom stereocenters. The molecule has 1 aliphatic rings. The van der Waals surface area contributed by atoms with Crippen molar-refractivity contribution in [2.75, 3.05) is 11.5 Å². The van der Waals surface area contributed by atoms with Crippen LogP contribution >= 0.6 is 0 Å². The van der Waals surface area contributed by atoms with Crippen LogP contribution in [0.15, 0.2) is 4.52 Å². The number of sulfone groups is 1. The summed E-state index contributed by atoms with van der Waals surface area (Å²) < 4.78 is 32.6. The highest BCUT2D eigenvalue weighted by atomic mass is 32.2. The number of esters is 1. The van der Waals surface area contributed by atoms with Crippen LogP contribution in [0.4, 0.5) is 0 Å². The van der Waals surface area contributed by atoms with Gasteiger partial charge in [0.2, 0.25) is 0 Å². The third kappa shape index (κ3) is 3.65. The Balaban J connectivity index is 1.93. The van der Waals surface area contributed by atoms with Crippen molar-refractivity contribution in [3.63, 3.8) is 0 Å². The second-order valence-electron chi connectivity index (χ2n) is 5.36. The van der Waals surface area contributed by atoms with Crippen LogP contribution < -0.4 is 5.32 Å². The lowest BCUT2D eigenvalue weighted by molar-refractivity contribution is -0.129. The lowest BCUT2D eigenvalue weighted by atomic mass is 10.2. The smallest absolute Gasteiger partial charge is 0.344 e. The monoisotopic (exact) mass is 330 g/mol. The maximum Gasteiger partial charge on any atom is 0.344 e. The van der Waals surface area contributed by atoms with Crippen LogP contribution in [0.1, 0.15) is 35.2 Å². The number of amides is 1. The van der Waals surface area contributed by atoms with Gasteiger partial charge >= 0.3 is 5.97 Å². The number of aromatic nitrogens is 1. The Kier molecular flexibility index (Phi) is 4.55. The number of hydrogen-bond acceptors (Lipinski definition) is 7. The Bertz CT molecular complexity index is 674. The minimum atomic E-state index is -3.08. The molecule has 2 heterocycles. The Morgan fingerprint density at radius 2 is 2.09 bits per heavy atom. The molecule has 1 aromatic heterocycles. The van der Waals surface area contributed by atoms with Crippen molar-refractivity contribution in [3.8, 4) is 0 Å². The van der Waals surface area contributed by atoms with Crippen molar-refractivity contribution < 1.29 is 27.3 Å². The maximum atomic E-state index is 12.0. The summed E-state index contributed by atoms with van der Waals surface area (Å²) in [5, 5.41) is 6.23. The van der Waals surface area contributed by atoms with Gasteiger partial charge in [0.25, 0.3) is 5.91 Å². The molecule has 0 saturated carbocycles. The highest BCUT2D eigenvalue weighted by Gasteiger charge is 2.31. The van der Waals surface area contributed by atoms with Crippen LogP contribution in [-0.4, -0.2) is 49.1 Å². The molecule has 2 rings (SSSR count). The van der Waals surface area contributed by atoms with E-state index >= 15 is 0 Å². The molecule has 0 radical (unpaired) electrons. The largest absolute Gasteiger partial charge is 0.449 e. The highest BCUT2D eigenvalue weighted by Crippen LogP contribution is 2.15. The fourth-order valence-corrected chi connectivity index (χ4v) is 3.95. The van der Waals surface area contributed by atoms with Crippen molar-refractivity contribution in [3.05, 3.63) is 17.0 Å². The van der Waals surface area contributed by atoms with Gasteiger partial charge in [0.15, 0.2) is 15.9 Å². The molecule has 0 aromatic carbocycles. The van der Waals surface area contributed by atoms with Crippen molar-refractivity contribution in [1.82, 2.24) is 10.5 Å². The van der Waals surface area contributed by atoms with Crippen molar-refractivity contribution in [1.29, 1.82) is 0 Å². The summed E-state index contributed by atoms with van der Waals surface area (Å²) in [5.74, 6) is -0.925. The van der Waals surface area contributed by atoms with E-state index in [1.54, 1.807) is 13.8 Å². The Morgan fingerprint density at radius 1 is 1.41 bits per heavy atom. The van der Waals surface area contributed by atoms with Gasteiger partial charge in [0.1, 0.15) is 11.3 Å². The first-order chi connectivity index (χ1) is 10.2. The molecule has 9 heteroatoms. The topological polar surface area (TPSA) is 116 Å². The number of hydrogen-bond donors (Lipinski definition) is 1. The van der Waals surface area contributed by atoms with Crippen LogP contribution in [0.2, 0.25) is 0 Å². The molecular weight excluding hydrogens is 312 g/mol. The van der Waals surface area contributed by atoms with Crippen LogP contribution in [-0.2, 0) is 19.4 Å². The summed E-state index contributed by atoms with van der Waals surface area (Å²) in [6, 6.07) is -0.433. The second-order valence-corrected chi connectivity index (χ2v) is 7.58. The predicted molar refractivity (Wildman–Crippen MR) is 76.1 cm³/mol. The van der Waals surface area contributed by atoms with Gasteiger partial charge in [-0.05, 0) is 27.2 Å². The van der Waals surface area contributed by atoms with Gasteiger partial charge in [-0.1, -0.05) is 5.16 Å². The summed E-state index contributed by atoms with van der Waals surface area (Å²) in [7, 11) is -3.08. The van der Waals surface area contributed by atoms with Crippen LogP contribution in [0, 0.1) is 13.8 Å². The first-order valence-electron chi connectivity index (χ1n) is 6.84. The molecule has 1 saturated heterocycles. The molecule has 0 aliphatic carbocycles. The fraction of sp³-hybridized carbons (Fsp3) is 0.615. The number of rotatable bonds is 4. The van der Waals surface area contributed by atoms with Gasteiger partial charge < -0.3 is 14.6 Å². The zero-order valence-electron chi connectivity index (χ0n) is 12.6. The van der Waals surface area contributed by atoms with E-state index < -0.39 is 33.9 Å². The number of aryl methyl sites for hydroxylation is 2. The molecule has 8 nitrogen and oxygen atoms in total. The van der Waals surface area contributed by atoms with E-state index in [4.69, 9.17) is 9.26 Å². The molecule has 0 unspecified atom stereocenters. The summed E-state index contributed by atoms with van der Waals surface area (Å²) >= 11 is 0. The van der Waals surface area contributed by atoms with E-state index in [1.165, 1.54) is 6.92 Å². The molecule has 1 aliphatic heterocycles. The van der Waals surface area contributed by atoms with E-state index in [9.17, 15) is 18.0 Å². The van der Waals surface area contributed by atoms with Gasteiger partial charge in [-0.3, -0.25) is 4.79 Å². The van der Waals surface area contributed by atoms with E-state index in [-0.39, 0.29) is 17.1 Å². The molecular formula is C13H18N2O6S. The predicted octanol–water partition coefficient (Wildman–Crippen LogP) is 0.140. The van der Waals surface area contributed by atoms with Gasteiger partial charge in [0.05, 0.1) is 17.2 Å². The van der Waals surface area contributed by atoms with E-state index in [0.717, 1.165) is 0 Å². The summed E-state index contributed by atoms with van der Waals surface area (Å²) in [6.45, 7) is 4.60.